The van der Waals surface area contributed by atoms with E-state index in [0.29, 0.717) is 0 Å². The predicted molar refractivity (Wildman–Crippen MR) is 118 cm³/mol. The van der Waals surface area contributed by atoms with Crippen molar-refractivity contribution in [2.24, 2.45) is 0 Å². The second kappa shape index (κ2) is 7.74. The van der Waals surface area contributed by atoms with Gasteiger partial charge in [0.2, 0.25) is 0 Å². The first-order valence-corrected chi connectivity index (χ1v) is 11.0. The Kier molecular flexibility index (Phi) is 5.58. The summed E-state index contributed by atoms with van der Waals surface area (Å²) >= 11 is 0. The van der Waals surface area contributed by atoms with Crippen LogP contribution in [0.1, 0.15) is 20.8 Å². The molecule has 0 aromatic heterocycles. The normalized spacial score (nSPS) is 11.9. The lowest BCUT2D eigenvalue weighted by Gasteiger charge is -2.38. The summed E-state index contributed by atoms with van der Waals surface area (Å²) in [4.78, 5) is 0. The summed E-state index contributed by atoms with van der Waals surface area (Å²) in [6, 6.07) is 28.1. The maximum absolute atomic E-state index is 5.40. The van der Waals surface area contributed by atoms with Gasteiger partial charge in [-0.1, -0.05) is 18.2 Å². The third-order valence-electron chi connectivity index (χ3n) is 5.07. The molecule has 0 aliphatic rings. The van der Waals surface area contributed by atoms with Gasteiger partial charge in [-0.05, 0) is 81.4 Å². The highest BCUT2D eigenvalue weighted by Crippen LogP contribution is 2.65. The summed E-state index contributed by atoms with van der Waals surface area (Å²) in [6.07, 6.45) is 0. The van der Waals surface area contributed by atoms with Crippen molar-refractivity contribution in [1.82, 2.24) is 0 Å². The molecule has 0 heterocycles. The Morgan fingerprint density at radius 2 is 0.926 bits per heavy atom. The average Bonchev–Trinajstić information content (AvgIpc) is 2.69. The molecule has 3 heteroatoms. The van der Waals surface area contributed by atoms with Crippen molar-refractivity contribution in [2.75, 3.05) is 14.2 Å². The van der Waals surface area contributed by atoms with Gasteiger partial charge in [0.05, 0.1) is 19.4 Å². The van der Waals surface area contributed by atoms with Gasteiger partial charge in [-0.15, -0.1) is 0 Å². The molecule has 3 aromatic rings. The summed E-state index contributed by atoms with van der Waals surface area (Å²) in [5.41, 5.74) is 0. The third-order valence-corrected chi connectivity index (χ3v) is 10.3. The Labute approximate surface area is 163 Å². The minimum atomic E-state index is -1.91. The van der Waals surface area contributed by atoms with Gasteiger partial charge in [0.1, 0.15) is 34.7 Å². The smallest absolute Gasteiger partial charge is 0.119 e. The molecule has 2 nitrogen and oxygen atoms in total. The Hall–Kier alpha value is -2.31. The van der Waals surface area contributed by atoms with Crippen LogP contribution in [0.15, 0.2) is 78.9 Å². The molecule has 0 fully saturated rings. The molecular formula is C24H28O2P+. The molecule has 0 radical (unpaired) electrons. The third kappa shape index (κ3) is 3.47. The quantitative estimate of drug-likeness (QED) is 0.593. The van der Waals surface area contributed by atoms with Crippen LogP contribution in [0.5, 0.6) is 11.5 Å². The highest BCUT2D eigenvalue weighted by molar-refractivity contribution is 7.96. The van der Waals surface area contributed by atoms with E-state index < -0.39 is 7.26 Å². The standard InChI is InChI=1S/C24H28O2P/c1-24(2,3)27(21-9-7-6-8-10-21,22-15-11-19(25-4)12-16-22)23-17-13-20(26-5)14-18-23/h6-18H,1-5H3/q+1. The maximum atomic E-state index is 5.40. The fourth-order valence-electron chi connectivity index (χ4n) is 3.87. The van der Waals surface area contributed by atoms with Gasteiger partial charge < -0.3 is 9.47 Å². The Balaban J connectivity index is 2.34. The molecule has 0 saturated carbocycles. The molecule has 3 aromatic carbocycles. The lowest BCUT2D eigenvalue weighted by Crippen LogP contribution is -2.42. The van der Waals surface area contributed by atoms with Crippen LogP contribution in [0, 0.1) is 0 Å². The lowest BCUT2D eigenvalue weighted by molar-refractivity contribution is 0.415. The second-order valence-electron chi connectivity index (χ2n) is 7.57. The topological polar surface area (TPSA) is 18.5 Å². The van der Waals surface area contributed by atoms with E-state index in [2.05, 4.69) is 99.6 Å². The van der Waals surface area contributed by atoms with Crippen LogP contribution < -0.4 is 25.4 Å². The van der Waals surface area contributed by atoms with E-state index in [1.807, 2.05) is 0 Å². The monoisotopic (exact) mass is 379 g/mol. The zero-order valence-corrected chi connectivity index (χ0v) is 17.7. The first-order chi connectivity index (χ1) is 12.9. The van der Waals surface area contributed by atoms with E-state index in [9.17, 15) is 0 Å². The molecule has 0 N–H and O–H groups in total. The van der Waals surface area contributed by atoms with Gasteiger partial charge in [0, 0.05) is 0 Å². The van der Waals surface area contributed by atoms with Crippen molar-refractivity contribution >= 4 is 23.2 Å². The van der Waals surface area contributed by atoms with Gasteiger partial charge >= 0.3 is 0 Å². The molecule has 0 atom stereocenters. The molecule has 3 rings (SSSR count). The summed E-state index contributed by atoms with van der Waals surface area (Å²) in [5, 5.41) is 4.13. The average molecular weight is 379 g/mol. The molecule has 140 valence electrons. The summed E-state index contributed by atoms with van der Waals surface area (Å²) in [6.45, 7) is 7.05. The number of rotatable bonds is 5. The van der Waals surface area contributed by atoms with Crippen LogP contribution in [-0.2, 0) is 0 Å². The van der Waals surface area contributed by atoms with E-state index in [-0.39, 0.29) is 5.16 Å². The van der Waals surface area contributed by atoms with E-state index in [4.69, 9.17) is 9.47 Å². The summed E-state index contributed by atoms with van der Waals surface area (Å²) in [7, 11) is 1.51. The van der Waals surface area contributed by atoms with E-state index >= 15 is 0 Å². The number of hydrogen-bond acceptors (Lipinski definition) is 2. The first-order valence-electron chi connectivity index (χ1n) is 9.17. The Morgan fingerprint density at radius 1 is 0.556 bits per heavy atom. The molecule has 0 unspecified atom stereocenters. The van der Waals surface area contributed by atoms with Gasteiger partial charge in [-0.25, -0.2) is 0 Å². The Morgan fingerprint density at radius 3 is 1.26 bits per heavy atom. The zero-order valence-electron chi connectivity index (χ0n) is 16.8. The molecule has 0 aliphatic heterocycles. The van der Waals surface area contributed by atoms with Crippen molar-refractivity contribution in [3.8, 4) is 11.5 Å². The van der Waals surface area contributed by atoms with Crippen molar-refractivity contribution in [1.29, 1.82) is 0 Å². The number of methoxy groups -OCH3 is 2. The fraction of sp³-hybridized carbons (Fsp3) is 0.250. The van der Waals surface area contributed by atoms with E-state index in [1.54, 1.807) is 14.2 Å². The highest BCUT2D eigenvalue weighted by atomic mass is 31.2. The number of ether oxygens (including phenoxy) is 2. The van der Waals surface area contributed by atoms with Gasteiger partial charge in [-0.3, -0.25) is 0 Å². The van der Waals surface area contributed by atoms with Crippen molar-refractivity contribution < 1.29 is 9.47 Å². The minimum Gasteiger partial charge on any atom is -0.497 e. The van der Waals surface area contributed by atoms with E-state index in [0.717, 1.165) is 11.5 Å². The molecule has 0 amide bonds. The van der Waals surface area contributed by atoms with Gasteiger partial charge in [0.15, 0.2) is 0 Å². The predicted octanol–water partition coefficient (Wildman–Crippen LogP) is 4.80. The van der Waals surface area contributed by atoms with Crippen LogP contribution >= 0.6 is 7.26 Å². The van der Waals surface area contributed by atoms with Crippen LogP contribution in [0.4, 0.5) is 0 Å². The first kappa shape index (κ1) is 19.5. The number of benzene rings is 3. The van der Waals surface area contributed by atoms with Crippen LogP contribution in [-0.4, -0.2) is 19.4 Å². The van der Waals surface area contributed by atoms with Crippen LogP contribution in [0.25, 0.3) is 0 Å². The summed E-state index contributed by atoms with van der Waals surface area (Å²) in [5.74, 6) is 1.77. The fourth-order valence-corrected chi connectivity index (χ4v) is 8.90. The number of hydrogen-bond donors (Lipinski definition) is 0. The molecule has 0 aliphatic carbocycles. The van der Waals surface area contributed by atoms with E-state index in [1.165, 1.54) is 15.9 Å². The molecule has 27 heavy (non-hydrogen) atoms. The zero-order chi connectivity index (χ0) is 19.5. The van der Waals surface area contributed by atoms with Crippen molar-refractivity contribution in [2.45, 2.75) is 25.9 Å². The van der Waals surface area contributed by atoms with Gasteiger partial charge in [0.25, 0.3) is 0 Å². The summed E-state index contributed by atoms with van der Waals surface area (Å²) < 4.78 is 10.8. The molecule has 0 spiro atoms. The molecular weight excluding hydrogens is 351 g/mol. The van der Waals surface area contributed by atoms with Crippen LogP contribution in [0.2, 0.25) is 0 Å². The van der Waals surface area contributed by atoms with Crippen molar-refractivity contribution in [3.05, 3.63) is 78.9 Å². The SMILES string of the molecule is COc1ccc([P+](c2ccccc2)(c2ccc(OC)cc2)C(C)(C)C)cc1. The largest absolute Gasteiger partial charge is 0.497 e. The molecule has 0 bridgehead atoms. The minimum absolute atomic E-state index is 0.0392. The molecule has 0 saturated heterocycles. The van der Waals surface area contributed by atoms with Crippen molar-refractivity contribution in [3.63, 3.8) is 0 Å². The second-order valence-corrected chi connectivity index (χ2v) is 11.8. The maximum Gasteiger partial charge on any atom is 0.119 e. The Bertz CT molecular complexity index is 816. The van der Waals surface area contributed by atoms with Gasteiger partial charge in [-0.2, -0.15) is 0 Å². The highest BCUT2D eigenvalue weighted by Gasteiger charge is 2.55. The van der Waals surface area contributed by atoms with Crippen LogP contribution in [0.3, 0.4) is 0 Å². The lowest BCUT2D eigenvalue weighted by atomic mass is 10.2.